The smallest absolute Gasteiger partial charge is 0.119 e. The Morgan fingerprint density at radius 2 is 1.76 bits per heavy atom. The van der Waals surface area contributed by atoms with Crippen LogP contribution in [0.3, 0.4) is 0 Å². The van der Waals surface area contributed by atoms with Gasteiger partial charge in [0.05, 0.1) is 21.1 Å². The molecule has 4 nitrogen and oxygen atoms in total. The molecule has 4 aromatic rings. The lowest BCUT2D eigenvalue weighted by molar-refractivity contribution is 0.527. The number of nitrogens with zero attached hydrogens (tertiary/aromatic N) is 4. The SMILES string of the molecule is Clc1cc2nnn(Cn3c4c(c5ccccc53)CCCC4)c2cc1Cl. The van der Waals surface area contributed by atoms with Crippen molar-refractivity contribution in [2.45, 2.75) is 32.4 Å². The van der Waals surface area contributed by atoms with Crippen molar-refractivity contribution in [1.29, 1.82) is 0 Å². The van der Waals surface area contributed by atoms with Gasteiger partial charge < -0.3 is 4.57 Å². The number of aryl methyl sites for hydroxylation is 1. The Labute approximate surface area is 154 Å². The molecule has 2 heterocycles. The van der Waals surface area contributed by atoms with Crippen LogP contribution in [0.1, 0.15) is 24.1 Å². The summed E-state index contributed by atoms with van der Waals surface area (Å²) in [7, 11) is 0. The molecule has 0 saturated carbocycles. The number of benzene rings is 2. The zero-order valence-electron chi connectivity index (χ0n) is 13.5. The Morgan fingerprint density at radius 1 is 0.960 bits per heavy atom. The van der Waals surface area contributed by atoms with Gasteiger partial charge in [0.15, 0.2) is 0 Å². The Balaban J connectivity index is 1.69. The average molecular weight is 371 g/mol. The highest BCUT2D eigenvalue weighted by Crippen LogP contribution is 2.33. The maximum Gasteiger partial charge on any atom is 0.119 e. The van der Waals surface area contributed by atoms with Gasteiger partial charge in [-0.3, -0.25) is 0 Å². The molecule has 5 rings (SSSR count). The van der Waals surface area contributed by atoms with Crippen molar-refractivity contribution in [2.24, 2.45) is 0 Å². The number of aromatic nitrogens is 4. The summed E-state index contributed by atoms with van der Waals surface area (Å²) in [5, 5.41) is 11.0. The molecule has 0 fully saturated rings. The first-order chi connectivity index (χ1) is 12.2. The molecule has 1 aliphatic rings. The number of hydrogen-bond donors (Lipinski definition) is 0. The fraction of sp³-hybridized carbons (Fsp3) is 0.263. The molecular weight excluding hydrogens is 355 g/mol. The third kappa shape index (κ3) is 2.35. The van der Waals surface area contributed by atoms with Gasteiger partial charge >= 0.3 is 0 Å². The van der Waals surface area contributed by atoms with Crippen LogP contribution in [-0.4, -0.2) is 19.6 Å². The summed E-state index contributed by atoms with van der Waals surface area (Å²) >= 11 is 12.3. The van der Waals surface area contributed by atoms with Crippen molar-refractivity contribution in [3.8, 4) is 0 Å². The summed E-state index contributed by atoms with van der Waals surface area (Å²) in [5.41, 5.74) is 5.85. The average Bonchev–Trinajstić information content (AvgIpc) is 3.16. The lowest BCUT2D eigenvalue weighted by atomic mass is 9.96. The van der Waals surface area contributed by atoms with E-state index in [1.165, 1.54) is 35.0 Å². The summed E-state index contributed by atoms with van der Waals surface area (Å²) in [5.74, 6) is 0. The largest absolute Gasteiger partial charge is 0.324 e. The van der Waals surface area contributed by atoms with Gasteiger partial charge in [-0.2, -0.15) is 0 Å². The van der Waals surface area contributed by atoms with Crippen molar-refractivity contribution >= 4 is 45.1 Å². The number of hydrogen-bond acceptors (Lipinski definition) is 2. The second kappa shape index (κ2) is 5.75. The molecule has 6 heteroatoms. The van der Waals surface area contributed by atoms with Gasteiger partial charge in [-0.05, 0) is 49.4 Å². The highest BCUT2D eigenvalue weighted by Gasteiger charge is 2.20. The summed E-state index contributed by atoms with van der Waals surface area (Å²) in [6, 6.07) is 12.3. The predicted molar refractivity (Wildman–Crippen MR) is 102 cm³/mol. The molecule has 0 amide bonds. The van der Waals surface area contributed by atoms with Gasteiger partial charge in [0, 0.05) is 11.1 Å². The van der Waals surface area contributed by atoms with Gasteiger partial charge in [0.2, 0.25) is 0 Å². The maximum absolute atomic E-state index is 6.20. The van der Waals surface area contributed by atoms with E-state index in [9.17, 15) is 0 Å². The fourth-order valence-corrected chi connectivity index (χ4v) is 4.27. The van der Waals surface area contributed by atoms with Gasteiger partial charge in [-0.1, -0.05) is 46.6 Å². The van der Waals surface area contributed by atoms with Crippen LogP contribution >= 0.6 is 23.2 Å². The van der Waals surface area contributed by atoms with E-state index in [2.05, 4.69) is 39.1 Å². The highest BCUT2D eigenvalue weighted by atomic mass is 35.5. The molecule has 0 bridgehead atoms. The molecule has 0 atom stereocenters. The Morgan fingerprint density at radius 3 is 2.68 bits per heavy atom. The standard InChI is InChI=1S/C19H16Cl2N4/c20-14-9-16-19(10-15(14)21)25(23-22-16)11-24-17-7-3-1-5-12(17)13-6-2-4-8-18(13)24/h1,3,5,7,9-10H,2,4,6,8,11H2. The first-order valence-corrected chi connectivity index (χ1v) is 9.25. The zero-order chi connectivity index (χ0) is 17.0. The molecule has 0 N–H and O–H groups in total. The Bertz CT molecular complexity index is 1110. The summed E-state index contributed by atoms with van der Waals surface area (Å²) in [4.78, 5) is 0. The minimum Gasteiger partial charge on any atom is -0.324 e. The van der Waals surface area contributed by atoms with Crippen LogP contribution in [0.5, 0.6) is 0 Å². The molecule has 25 heavy (non-hydrogen) atoms. The van der Waals surface area contributed by atoms with Crippen LogP contribution in [0.4, 0.5) is 0 Å². The normalized spacial score (nSPS) is 14.3. The number of para-hydroxylation sites is 1. The lowest BCUT2D eigenvalue weighted by Gasteiger charge is -2.16. The van der Waals surface area contributed by atoms with Crippen LogP contribution in [0.15, 0.2) is 36.4 Å². The molecule has 0 saturated heterocycles. The van der Waals surface area contributed by atoms with Gasteiger partial charge in [-0.15, -0.1) is 5.10 Å². The van der Waals surface area contributed by atoms with Gasteiger partial charge in [0.1, 0.15) is 12.2 Å². The molecule has 2 aromatic carbocycles. The van der Waals surface area contributed by atoms with E-state index in [1.807, 2.05) is 10.7 Å². The van der Waals surface area contributed by atoms with E-state index in [1.54, 1.807) is 6.07 Å². The molecule has 0 spiro atoms. The Hall–Kier alpha value is -2.04. The highest BCUT2D eigenvalue weighted by molar-refractivity contribution is 6.42. The number of fused-ring (bicyclic) bond motifs is 4. The van der Waals surface area contributed by atoms with Crippen LogP contribution in [0.2, 0.25) is 10.0 Å². The third-order valence-corrected chi connectivity index (χ3v) is 5.84. The summed E-state index contributed by atoms with van der Waals surface area (Å²) < 4.78 is 4.28. The van der Waals surface area contributed by atoms with Crippen LogP contribution in [0, 0.1) is 0 Å². The molecule has 2 aromatic heterocycles. The molecule has 0 unspecified atom stereocenters. The molecule has 0 radical (unpaired) electrons. The van der Waals surface area contributed by atoms with Crippen molar-refractivity contribution in [3.05, 3.63) is 57.7 Å². The van der Waals surface area contributed by atoms with Gasteiger partial charge in [0.25, 0.3) is 0 Å². The molecule has 0 aliphatic heterocycles. The Kier molecular flexibility index (Phi) is 3.50. The summed E-state index contributed by atoms with van der Waals surface area (Å²) in [6.45, 7) is 0.629. The minimum absolute atomic E-state index is 0.505. The number of halogens is 2. The van der Waals surface area contributed by atoms with Crippen molar-refractivity contribution in [1.82, 2.24) is 19.6 Å². The second-order valence-corrected chi connectivity index (χ2v) is 7.38. The summed E-state index contributed by atoms with van der Waals surface area (Å²) in [6.07, 6.45) is 4.77. The monoisotopic (exact) mass is 370 g/mol. The second-order valence-electron chi connectivity index (χ2n) is 6.56. The zero-order valence-corrected chi connectivity index (χ0v) is 15.1. The van der Waals surface area contributed by atoms with E-state index in [-0.39, 0.29) is 0 Å². The van der Waals surface area contributed by atoms with E-state index in [4.69, 9.17) is 23.2 Å². The molecule has 126 valence electrons. The van der Waals surface area contributed by atoms with Crippen LogP contribution in [0.25, 0.3) is 21.9 Å². The minimum atomic E-state index is 0.505. The van der Waals surface area contributed by atoms with E-state index >= 15 is 0 Å². The van der Waals surface area contributed by atoms with E-state index in [0.29, 0.717) is 16.7 Å². The van der Waals surface area contributed by atoms with Crippen LogP contribution < -0.4 is 0 Å². The molecular formula is C19H16Cl2N4. The first kappa shape index (κ1) is 15.2. The quantitative estimate of drug-likeness (QED) is 0.493. The molecule has 1 aliphatic carbocycles. The third-order valence-electron chi connectivity index (χ3n) is 5.12. The van der Waals surface area contributed by atoms with Crippen molar-refractivity contribution in [2.75, 3.05) is 0 Å². The number of rotatable bonds is 2. The van der Waals surface area contributed by atoms with Crippen molar-refractivity contribution < 1.29 is 0 Å². The van der Waals surface area contributed by atoms with E-state index in [0.717, 1.165) is 23.9 Å². The van der Waals surface area contributed by atoms with Gasteiger partial charge in [-0.25, -0.2) is 4.68 Å². The first-order valence-electron chi connectivity index (χ1n) is 8.49. The fourth-order valence-electron chi connectivity index (χ4n) is 3.95. The lowest BCUT2D eigenvalue weighted by Crippen LogP contribution is -2.14. The van der Waals surface area contributed by atoms with Crippen molar-refractivity contribution in [3.63, 3.8) is 0 Å². The topological polar surface area (TPSA) is 35.6 Å². The predicted octanol–water partition coefficient (Wildman–Crippen LogP) is 5.08. The van der Waals surface area contributed by atoms with E-state index < -0.39 is 0 Å². The maximum atomic E-state index is 6.20. The van der Waals surface area contributed by atoms with Crippen LogP contribution in [-0.2, 0) is 19.5 Å².